The highest BCUT2D eigenvalue weighted by Gasteiger charge is 2.25. The van der Waals surface area contributed by atoms with Gasteiger partial charge in [0.15, 0.2) is 5.82 Å². The highest BCUT2D eigenvalue weighted by atomic mass is 16.4. The van der Waals surface area contributed by atoms with Crippen LogP contribution in [0, 0.1) is 5.92 Å². The van der Waals surface area contributed by atoms with Crippen LogP contribution in [0.15, 0.2) is 43.0 Å². The molecule has 0 radical (unpaired) electrons. The standard InChI is InChI=1S/C17H19N5O3/c23-16(13-7-4-8-15(20-13)22-11-18-10-19-22)21-14(17(24)25)9-12-5-2-1-3-6-12/h1-2,4,7-8,10-12,14H,3,5-6,9H2,(H,21,23)(H,24,25). The topological polar surface area (TPSA) is 110 Å². The summed E-state index contributed by atoms with van der Waals surface area (Å²) in [6.45, 7) is 0. The number of aromatic nitrogens is 4. The Morgan fingerprint density at radius 2 is 2.24 bits per heavy atom. The minimum Gasteiger partial charge on any atom is -0.480 e. The van der Waals surface area contributed by atoms with Gasteiger partial charge >= 0.3 is 5.97 Å². The third kappa shape index (κ3) is 4.28. The summed E-state index contributed by atoms with van der Waals surface area (Å²) >= 11 is 0. The van der Waals surface area contributed by atoms with E-state index in [1.807, 2.05) is 0 Å². The van der Waals surface area contributed by atoms with Crippen LogP contribution in [0.2, 0.25) is 0 Å². The summed E-state index contributed by atoms with van der Waals surface area (Å²) in [4.78, 5) is 32.0. The number of nitrogens with one attached hydrogen (secondary N) is 1. The lowest BCUT2D eigenvalue weighted by atomic mass is 9.88. The molecule has 1 aliphatic carbocycles. The molecular formula is C17H19N5O3. The lowest BCUT2D eigenvalue weighted by Gasteiger charge is -2.22. The molecule has 1 amide bonds. The quantitative estimate of drug-likeness (QED) is 0.772. The molecule has 0 aromatic carbocycles. The van der Waals surface area contributed by atoms with Crippen LogP contribution in [0.1, 0.15) is 36.2 Å². The number of allylic oxidation sites excluding steroid dienone is 2. The number of nitrogens with zero attached hydrogens (tertiary/aromatic N) is 4. The minimum absolute atomic E-state index is 0.141. The average Bonchev–Trinajstić information content (AvgIpc) is 3.17. The third-order valence-corrected chi connectivity index (χ3v) is 4.17. The van der Waals surface area contributed by atoms with Gasteiger partial charge in [0.05, 0.1) is 0 Å². The second kappa shape index (κ2) is 7.69. The van der Waals surface area contributed by atoms with Crippen LogP contribution in [0.3, 0.4) is 0 Å². The molecule has 2 N–H and O–H groups in total. The van der Waals surface area contributed by atoms with Gasteiger partial charge in [0, 0.05) is 0 Å². The molecular weight excluding hydrogens is 322 g/mol. The first kappa shape index (κ1) is 16.8. The van der Waals surface area contributed by atoms with E-state index in [2.05, 4.69) is 32.5 Å². The molecule has 0 aliphatic heterocycles. The molecule has 0 saturated carbocycles. The van der Waals surface area contributed by atoms with E-state index in [1.54, 1.807) is 12.1 Å². The zero-order valence-corrected chi connectivity index (χ0v) is 13.6. The van der Waals surface area contributed by atoms with Gasteiger partial charge in [-0.15, -0.1) is 0 Å². The summed E-state index contributed by atoms with van der Waals surface area (Å²) < 4.78 is 1.43. The summed E-state index contributed by atoms with van der Waals surface area (Å²) in [6.07, 6.45) is 10.2. The molecule has 8 heteroatoms. The van der Waals surface area contributed by atoms with Gasteiger partial charge in [0.2, 0.25) is 0 Å². The highest BCUT2D eigenvalue weighted by molar-refractivity contribution is 5.95. The minimum atomic E-state index is -1.03. The monoisotopic (exact) mass is 341 g/mol. The predicted molar refractivity (Wildman–Crippen MR) is 89.1 cm³/mol. The number of carbonyl (C=O) groups is 2. The number of pyridine rings is 1. The number of hydrogen-bond acceptors (Lipinski definition) is 5. The number of aliphatic carboxylic acids is 1. The van der Waals surface area contributed by atoms with Gasteiger partial charge in [-0.2, -0.15) is 5.10 Å². The fraction of sp³-hybridized carbons (Fsp3) is 0.353. The maximum atomic E-state index is 12.4. The molecule has 2 unspecified atom stereocenters. The van der Waals surface area contributed by atoms with Gasteiger partial charge in [-0.05, 0) is 43.7 Å². The molecule has 2 aromatic heterocycles. The van der Waals surface area contributed by atoms with E-state index in [0.29, 0.717) is 12.2 Å². The van der Waals surface area contributed by atoms with Crippen molar-refractivity contribution in [1.29, 1.82) is 0 Å². The summed E-state index contributed by atoms with van der Waals surface area (Å²) in [5.74, 6) is -0.841. The molecule has 8 nitrogen and oxygen atoms in total. The lowest BCUT2D eigenvalue weighted by molar-refractivity contribution is -0.139. The Hall–Kier alpha value is -3.03. The first-order valence-electron chi connectivity index (χ1n) is 8.14. The Morgan fingerprint density at radius 3 is 2.92 bits per heavy atom. The van der Waals surface area contributed by atoms with Crippen molar-refractivity contribution in [1.82, 2.24) is 25.1 Å². The summed E-state index contributed by atoms with van der Waals surface area (Å²) in [6, 6.07) is 3.97. The second-order valence-electron chi connectivity index (χ2n) is 5.97. The zero-order chi connectivity index (χ0) is 17.6. The summed E-state index contributed by atoms with van der Waals surface area (Å²) in [5.41, 5.74) is 0.141. The first-order valence-corrected chi connectivity index (χ1v) is 8.14. The number of carboxylic acids is 1. The van der Waals surface area contributed by atoms with Crippen molar-refractivity contribution in [3.05, 3.63) is 48.7 Å². The molecule has 130 valence electrons. The molecule has 0 fully saturated rings. The van der Waals surface area contributed by atoms with Crippen LogP contribution in [-0.2, 0) is 4.79 Å². The molecule has 0 spiro atoms. The summed E-state index contributed by atoms with van der Waals surface area (Å²) in [5, 5.41) is 16.0. The number of carboxylic acid groups (broad SMARTS) is 1. The van der Waals surface area contributed by atoms with Gasteiger partial charge < -0.3 is 10.4 Å². The molecule has 0 saturated heterocycles. The Morgan fingerprint density at radius 1 is 1.36 bits per heavy atom. The smallest absolute Gasteiger partial charge is 0.326 e. The Balaban J connectivity index is 1.70. The van der Waals surface area contributed by atoms with Crippen molar-refractivity contribution < 1.29 is 14.7 Å². The van der Waals surface area contributed by atoms with Crippen LogP contribution >= 0.6 is 0 Å². The lowest BCUT2D eigenvalue weighted by Crippen LogP contribution is -2.42. The van der Waals surface area contributed by atoms with Crippen molar-refractivity contribution in [2.45, 2.75) is 31.7 Å². The molecule has 2 heterocycles. The first-order chi connectivity index (χ1) is 12.1. The number of carbonyl (C=O) groups excluding carboxylic acids is 1. The molecule has 2 aromatic rings. The van der Waals surface area contributed by atoms with Crippen LogP contribution in [0.4, 0.5) is 0 Å². The molecule has 25 heavy (non-hydrogen) atoms. The largest absolute Gasteiger partial charge is 0.480 e. The number of rotatable bonds is 6. The maximum Gasteiger partial charge on any atom is 0.326 e. The summed E-state index contributed by atoms with van der Waals surface area (Å²) in [7, 11) is 0. The maximum absolute atomic E-state index is 12.4. The molecule has 3 rings (SSSR count). The van der Waals surface area contributed by atoms with Crippen LogP contribution in [0.5, 0.6) is 0 Å². The average molecular weight is 341 g/mol. The van der Waals surface area contributed by atoms with E-state index < -0.39 is 17.9 Å². The van der Waals surface area contributed by atoms with E-state index in [-0.39, 0.29) is 11.6 Å². The van der Waals surface area contributed by atoms with Gasteiger partial charge in [0.1, 0.15) is 24.4 Å². The van der Waals surface area contributed by atoms with Gasteiger partial charge in [-0.3, -0.25) is 4.79 Å². The van der Waals surface area contributed by atoms with E-state index in [0.717, 1.165) is 19.3 Å². The van der Waals surface area contributed by atoms with Crippen molar-refractivity contribution in [2.24, 2.45) is 5.92 Å². The third-order valence-electron chi connectivity index (χ3n) is 4.17. The van der Waals surface area contributed by atoms with E-state index in [1.165, 1.54) is 23.4 Å². The van der Waals surface area contributed by atoms with E-state index in [4.69, 9.17) is 0 Å². The van der Waals surface area contributed by atoms with Crippen molar-refractivity contribution in [2.75, 3.05) is 0 Å². The van der Waals surface area contributed by atoms with Crippen molar-refractivity contribution in [3.8, 4) is 5.82 Å². The fourth-order valence-electron chi connectivity index (χ4n) is 2.86. The molecule has 1 aliphatic rings. The second-order valence-corrected chi connectivity index (χ2v) is 5.97. The van der Waals surface area contributed by atoms with Crippen LogP contribution in [-0.4, -0.2) is 42.8 Å². The highest BCUT2D eigenvalue weighted by Crippen LogP contribution is 2.23. The van der Waals surface area contributed by atoms with Crippen molar-refractivity contribution in [3.63, 3.8) is 0 Å². The molecule has 0 bridgehead atoms. The molecule has 2 atom stereocenters. The van der Waals surface area contributed by atoms with Gasteiger partial charge in [-0.1, -0.05) is 18.2 Å². The fourth-order valence-corrected chi connectivity index (χ4v) is 2.86. The van der Waals surface area contributed by atoms with Crippen molar-refractivity contribution >= 4 is 11.9 Å². The number of amides is 1. The van der Waals surface area contributed by atoms with Crippen LogP contribution < -0.4 is 5.32 Å². The van der Waals surface area contributed by atoms with E-state index in [9.17, 15) is 14.7 Å². The van der Waals surface area contributed by atoms with Gasteiger partial charge in [-0.25, -0.2) is 19.4 Å². The Bertz CT molecular complexity index is 772. The Kier molecular flexibility index (Phi) is 5.17. The van der Waals surface area contributed by atoms with Crippen LogP contribution in [0.25, 0.3) is 5.82 Å². The SMILES string of the molecule is O=C(NC(CC1CC=CCC1)C(=O)O)c1cccc(-n2cncn2)n1. The van der Waals surface area contributed by atoms with E-state index >= 15 is 0 Å². The van der Waals surface area contributed by atoms with Gasteiger partial charge in [0.25, 0.3) is 5.91 Å². The predicted octanol–water partition coefficient (Wildman–Crippen LogP) is 1.59. The Labute approximate surface area is 144 Å². The normalized spacial score (nSPS) is 17.8. The number of hydrogen-bond donors (Lipinski definition) is 2. The zero-order valence-electron chi connectivity index (χ0n) is 13.6.